The molecule has 5 nitrogen and oxygen atoms in total. The third-order valence-corrected chi connectivity index (χ3v) is 2.65. The predicted octanol–water partition coefficient (Wildman–Crippen LogP) is 2.56. The molecule has 0 unspecified atom stereocenters. The van der Waals surface area contributed by atoms with E-state index in [2.05, 4.69) is 5.32 Å². The van der Waals surface area contributed by atoms with E-state index in [1.54, 1.807) is 24.3 Å². The molecular formula is C15H12FN3O2. The lowest BCUT2D eigenvalue weighted by Crippen LogP contribution is -2.14. The average Bonchev–Trinajstić information content (AvgIpc) is 2.45. The summed E-state index contributed by atoms with van der Waals surface area (Å²) in [7, 11) is 0. The first-order chi connectivity index (χ1) is 10.1. The Morgan fingerprint density at radius 3 is 2.86 bits per heavy atom. The van der Waals surface area contributed by atoms with E-state index >= 15 is 0 Å². The molecule has 0 radical (unpaired) electrons. The molecular weight excluding hydrogens is 273 g/mol. The molecule has 3 N–H and O–H groups in total. The maximum atomic E-state index is 13.0. The van der Waals surface area contributed by atoms with Crippen LogP contribution in [0.25, 0.3) is 0 Å². The maximum Gasteiger partial charge on any atom is 0.257 e. The Bertz CT molecular complexity index is 710. The number of nitrogens with zero attached hydrogens (tertiary/aromatic N) is 1. The number of amides is 1. The Morgan fingerprint density at radius 2 is 2.14 bits per heavy atom. The molecule has 2 rings (SSSR count). The fourth-order valence-electron chi connectivity index (χ4n) is 1.72. The minimum atomic E-state index is -0.504. The van der Waals surface area contributed by atoms with Crippen molar-refractivity contribution in [3.63, 3.8) is 0 Å². The predicted molar refractivity (Wildman–Crippen MR) is 76.3 cm³/mol. The molecule has 0 fully saturated rings. The van der Waals surface area contributed by atoms with E-state index in [9.17, 15) is 9.18 Å². The summed E-state index contributed by atoms with van der Waals surface area (Å²) in [6, 6.07) is 12.0. The van der Waals surface area contributed by atoms with Gasteiger partial charge in [0.05, 0.1) is 5.56 Å². The number of carbonyl (C=O) groups excluding carboxylic acids is 1. The second-order valence-corrected chi connectivity index (χ2v) is 4.16. The molecule has 106 valence electrons. The summed E-state index contributed by atoms with van der Waals surface area (Å²) in [6.45, 7) is -0.0810. The van der Waals surface area contributed by atoms with Crippen LogP contribution >= 0.6 is 0 Å². The fourth-order valence-corrected chi connectivity index (χ4v) is 1.72. The summed E-state index contributed by atoms with van der Waals surface area (Å²) < 4.78 is 18.1. The van der Waals surface area contributed by atoms with Crippen molar-refractivity contribution in [2.75, 3.05) is 17.7 Å². The minimum absolute atomic E-state index is 0.0596. The van der Waals surface area contributed by atoms with Crippen LogP contribution < -0.4 is 15.8 Å². The van der Waals surface area contributed by atoms with Crippen LogP contribution in [-0.2, 0) is 0 Å². The smallest absolute Gasteiger partial charge is 0.257 e. The van der Waals surface area contributed by atoms with Crippen LogP contribution in [0.5, 0.6) is 5.75 Å². The number of ether oxygens (including phenoxy) is 1. The number of rotatable bonds is 4. The van der Waals surface area contributed by atoms with E-state index < -0.39 is 11.7 Å². The number of anilines is 2. The van der Waals surface area contributed by atoms with Gasteiger partial charge in [0.1, 0.15) is 17.6 Å². The molecule has 0 heterocycles. The van der Waals surface area contributed by atoms with Crippen LogP contribution in [0.1, 0.15) is 10.4 Å². The van der Waals surface area contributed by atoms with E-state index in [1.807, 2.05) is 6.07 Å². The van der Waals surface area contributed by atoms with Crippen LogP contribution in [0.2, 0.25) is 0 Å². The normalized spacial score (nSPS) is 9.71. The van der Waals surface area contributed by atoms with Gasteiger partial charge in [-0.15, -0.1) is 0 Å². The SMILES string of the molecule is N#CCOc1cccc(NC(=O)c2ccc(F)cc2N)c1. The van der Waals surface area contributed by atoms with Gasteiger partial charge in [0.15, 0.2) is 6.61 Å². The third-order valence-electron chi connectivity index (χ3n) is 2.65. The van der Waals surface area contributed by atoms with Gasteiger partial charge in [0.25, 0.3) is 5.91 Å². The number of nitriles is 1. The molecule has 6 heteroatoms. The quantitative estimate of drug-likeness (QED) is 0.845. The summed E-state index contributed by atoms with van der Waals surface area (Å²) in [4.78, 5) is 12.1. The zero-order chi connectivity index (χ0) is 15.2. The van der Waals surface area contributed by atoms with E-state index in [0.29, 0.717) is 11.4 Å². The van der Waals surface area contributed by atoms with Gasteiger partial charge >= 0.3 is 0 Å². The number of nitrogens with one attached hydrogen (secondary N) is 1. The second kappa shape index (κ2) is 6.39. The summed E-state index contributed by atoms with van der Waals surface area (Å²) >= 11 is 0. The Hall–Kier alpha value is -3.07. The van der Waals surface area contributed by atoms with Crippen LogP contribution in [0.15, 0.2) is 42.5 Å². The largest absolute Gasteiger partial charge is 0.479 e. The minimum Gasteiger partial charge on any atom is -0.479 e. The van der Waals surface area contributed by atoms with Gasteiger partial charge in [-0.1, -0.05) is 6.07 Å². The van der Waals surface area contributed by atoms with Crippen LogP contribution in [0.4, 0.5) is 15.8 Å². The number of hydrogen-bond acceptors (Lipinski definition) is 4. The fraction of sp³-hybridized carbons (Fsp3) is 0.0667. The topological polar surface area (TPSA) is 88.1 Å². The van der Waals surface area contributed by atoms with E-state index in [0.717, 1.165) is 12.1 Å². The summed E-state index contributed by atoms with van der Waals surface area (Å²) in [5.74, 6) is -0.498. The van der Waals surface area contributed by atoms with Gasteiger partial charge in [-0.25, -0.2) is 4.39 Å². The molecule has 1 amide bonds. The van der Waals surface area contributed by atoms with Gasteiger partial charge < -0.3 is 15.8 Å². The number of benzene rings is 2. The van der Waals surface area contributed by atoms with E-state index in [4.69, 9.17) is 15.7 Å². The Morgan fingerprint density at radius 1 is 1.33 bits per heavy atom. The van der Waals surface area contributed by atoms with Crippen LogP contribution in [0.3, 0.4) is 0 Å². The maximum absolute atomic E-state index is 13.0. The van der Waals surface area contributed by atoms with Crippen LogP contribution in [-0.4, -0.2) is 12.5 Å². The highest BCUT2D eigenvalue weighted by Crippen LogP contribution is 2.20. The second-order valence-electron chi connectivity index (χ2n) is 4.16. The average molecular weight is 285 g/mol. The Kier molecular flexibility index (Phi) is 4.36. The zero-order valence-electron chi connectivity index (χ0n) is 11.0. The van der Waals surface area contributed by atoms with Gasteiger partial charge in [-0.2, -0.15) is 5.26 Å². The number of nitrogen functional groups attached to an aromatic ring is 1. The highest BCUT2D eigenvalue weighted by atomic mass is 19.1. The highest BCUT2D eigenvalue weighted by molar-refractivity contribution is 6.07. The molecule has 2 aromatic carbocycles. The first kappa shape index (κ1) is 14.3. The first-order valence-electron chi connectivity index (χ1n) is 6.06. The zero-order valence-corrected chi connectivity index (χ0v) is 11.0. The lowest BCUT2D eigenvalue weighted by atomic mass is 10.1. The van der Waals surface area contributed by atoms with Crippen molar-refractivity contribution in [2.24, 2.45) is 0 Å². The number of carbonyl (C=O) groups is 1. The summed E-state index contributed by atoms with van der Waals surface area (Å²) in [6.07, 6.45) is 0. The lowest BCUT2D eigenvalue weighted by Gasteiger charge is -2.09. The molecule has 21 heavy (non-hydrogen) atoms. The molecule has 0 saturated heterocycles. The molecule has 0 aromatic heterocycles. The van der Waals surface area contributed by atoms with Gasteiger partial charge in [-0.05, 0) is 30.3 Å². The summed E-state index contributed by atoms with van der Waals surface area (Å²) in [5, 5.41) is 11.1. The molecule has 0 aliphatic heterocycles. The Balaban J connectivity index is 2.14. The first-order valence-corrected chi connectivity index (χ1v) is 6.06. The molecule has 0 aliphatic carbocycles. The standard InChI is InChI=1S/C15H12FN3O2/c16-10-4-5-13(14(18)8-10)15(20)19-11-2-1-3-12(9-11)21-7-6-17/h1-5,8-9H,7,18H2,(H,19,20). The highest BCUT2D eigenvalue weighted by Gasteiger charge is 2.11. The molecule has 2 aromatic rings. The van der Waals surface area contributed by atoms with Crippen molar-refractivity contribution in [1.29, 1.82) is 5.26 Å². The molecule has 0 spiro atoms. The third kappa shape index (κ3) is 3.70. The van der Waals surface area contributed by atoms with E-state index in [-0.39, 0.29) is 17.9 Å². The van der Waals surface area contributed by atoms with Gasteiger partial charge in [-0.3, -0.25) is 4.79 Å². The number of halogens is 1. The molecule has 0 saturated carbocycles. The monoisotopic (exact) mass is 285 g/mol. The number of nitrogens with two attached hydrogens (primary N) is 1. The lowest BCUT2D eigenvalue weighted by molar-refractivity contribution is 0.102. The molecule has 0 aliphatic rings. The van der Waals surface area contributed by atoms with Crippen molar-refractivity contribution < 1.29 is 13.9 Å². The van der Waals surface area contributed by atoms with Gasteiger partial charge in [0.2, 0.25) is 0 Å². The molecule has 0 atom stereocenters. The van der Waals surface area contributed by atoms with Crippen molar-refractivity contribution in [3.8, 4) is 11.8 Å². The van der Waals surface area contributed by atoms with Crippen molar-refractivity contribution in [3.05, 3.63) is 53.8 Å². The van der Waals surface area contributed by atoms with E-state index in [1.165, 1.54) is 6.07 Å². The van der Waals surface area contributed by atoms with Crippen LogP contribution in [0, 0.1) is 17.1 Å². The number of hydrogen-bond donors (Lipinski definition) is 2. The Labute approximate surface area is 120 Å². The van der Waals surface area contributed by atoms with Gasteiger partial charge in [0, 0.05) is 17.4 Å². The molecule has 0 bridgehead atoms. The summed E-state index contributed by atoms with van der Waals surface area (Å²) in [5.41, 5.74) is 6.34. The van der Waals surface area contributed by atoms with Crippen molar-refractivity contribution in [2.45, 2.75) is 0 Å². The van der Waals surface area contributed by atoms with Crippen molar-refractivity contribution in [1.82, 2.24) is 0 Å². The van der Waals surface area contributed by atoms with Crippen molar-refractivity contribution >= 4 is 17.3 Å².